The van der Waals surface area contributed by atoms with Crippen molar-refractivity contribution in [3.8, 4) is 0 Å². The SMILES string of the molecule is NCCCN(Cc1ccccc1)C(=O)c1ccoc1. The Balaban J connectivity index is 2.09. The smallest absolute Gasteiger partial charge is 0.257 e. The molecule has 2 aromatic rings. The minimum atomic E-state index is -0.0222. The summed E-state index contributed by atoms with van der Waals surface area (Å²) in [5.41, 5.74) is 7.22. The maximum absolute atomic E-state index is 12.3. The van der Waals surface area contributed by atoms with Crippen LogP contribution < -0.4 is 5.73 Å². The zero-order valence-corrected chi connectivity index (χ0v) is 10.8. The number of furan rings is 1. The Morgan fingerprint density at radius 1 is 1.21 bits per heavy atom. The first-order valence-corrected chi connectivity index (χ1v) is 6.36. The molecule has 0 aliphatic heterocycles. The van der Waals surface area contributed by atoms with Gasteiger partial charge < -0.3 is 15.1 Å². The van der Waals surface area contributed by atoms with E-state index in [-0.39, 0.29) is 5.91 Å². The van der Waals surface area contributed by atoms with Crippen molar-refractivity contribution in [1.29, 1.82) is 0 Å². The molecule has 100 valence electrons. The minimum absolute atomic E-state index is 0.0222. The fraction of sp³-hybridized carbons (Fsp3) is 0.267. The molecule has 0 aliphatic carbocycles. The Kier molecular flexibility index (Phi) is 4.75. The van der Waals surface area contributed by atoms with Crippen LogP contribution in [0.3, 0.4) is 0 Å². The maximum Gasteiger partial charge on any atom is 0.257 e. The lowest BCUT2D eigenvalue weighted by molar-refractivity contribution is 0.0741. The van der Waals surface area contributed by atoms with E-state index in [4.69, 9.17) is 10.2 Å². The van der Waals surface area contributed by atoms with Crippen molar-refractivity contribution >= 4 is 5.91 Å². The Morgan fingerprint density at radius 2 is 2.00 bits per heavy atom. The fourth-order valence-corrected chi connectivity index (χ4v) is 1.91. The van der Waals surface area contributed by atoms with Gasteiger partial charge in [-0.15, -0.1) is 0 Å². The second-order valence-electron chi connectivity index (χ2n) is 4.37. The summed E-state index contributed by atoms with van der Waals surface area (Å²) in [6.07, 6.45) is 3.77. The maximum atomic E-state index is 12.3. The molecule has 0 radical (unpaired) electrons. The topological polar surface area (TPSA) is 59.5 Å². The molecule has 1 aromatic carbocycles. The van der Waals surface area contributed by atoms with Crippen molar-refractivity contribution in [1.82, 2.24) is 4.90 Å². The van der Waals surface area contributed by atoms with Gasteiger partial charge in [-0.1, -0.05) is 30.3 Å². The highest BCUT2D eigenvalue weighted by atomic mass is 16.3. The highest BCUT2D eigenvalue weighted by Crippen LogP contribution is 2.11. The zero-order valence-electron chi connectivity index (χ0n) is 10.8. The van der Waals surface area contributed by atoms with Crippen molar-refractivity contribution in [3.05, 3.63) is 60.1 Å². The number of hydrogen-bond donors (Lipinski definition) is 1. The summed E-state index contributed by atoms with van der Waals surface area (Å²) in [5, 5.41) is 0. The van der Waals surface area contributed by atoms with Crippen LogP contribution >= 0.6 is 0 Å². The first kappa shape index (κ1) is 13.4. The summed E-state index contributed by atoms with van der Waals surface area (Å²) in [4.78, 5) is 14.1. The van der Waals surface area contributed by atoms with Crippen LogP contribution in [0.25, 0.3) is 0 Å². The number of amides is 1. The third-order valence-electron chi connectivity index (χ3n) is 2.90. The number of carbonyl (C=O) groups excluding carboxylic acids is 1. The highest BCUT2D eigenvalue weighted by molar-refractivity contribution is 5.93. The molecule has 0 saturated carbocycles. The van der Waals surface area contributed by atoms with Crippen LogP contribution in [0, 0.1) is 0 Å². The number of benzene rings is 1. The quantitative estimate of drug-likeness (QED) is 0.864. The largest absolute Gasteiger partial charge is 0.472 e. The van der Waals surface area contributed by atoms with Gasteiger partial charge in [0.2, 0.25) is 0 Å². The molecule has 19 heavy (non-hydrogen) atoms. The molecular formula is C15H18N2O2. The van der Waals surface area contributed by atoms with E-state index in [0.717, 1.165) is 12.0 Å². The van der Waals surface area contributed by atoms with Crippen molar-refractivity contribution in [2.75, 3.05) is 13.1 Å². The van der Waals surface area contributed by atoms with Gasteiger partial charge in [0, 0.05) is 13.1 Å². The molecule has 2 rings (SSSR count). The third kappa shape index (κ3) is 3.69. The number of nitrogens with two attached hydrogens (primary N) is 1. The van der Waals surface area contributed by atoms with Gasteiger partial charge in [-0.25, -0.2) is 0 Å². The molecule has 0 spiro atoms. The lowest BCUT2D eigenvalue weighted by atomic mass is 10.2. The predicted octanol–water partition coefficient (Wildman–Crippen LogP) is 2.27. The van der Waals surface area contributed by atoms with Crippen LogP contribution in [-0.4, -0.2) is 23.9 Å². The molecule has 4 heteroatoms. The van der Waals surface area contributed by atoms with Crippen LogP contribution in [0.2, 0.25) is 0 Å². The van der Waals surface area contributed by atoms with Gasteiger partial charge in [-0.05, 0) is 24.6 Å². The van der Waals surface area contributed by atoms with Gasteiger partial charge in [0.1, 0.15) is 6.26 Å². The Morgan fingerprint density at radius 3 is 2.63 bits per heavy atom. The first-order chi connectivity index (χ1) is 9.31. The fourth-order valence-electron chi connectivity index (χ4n) is 1.91. The van der Waals surface area contributed by atoms with Crippen molar-refractivity contribution in [2.24, 2.45) is 5.73 Å². The molecule has 2 N–H and O–H groups in total. The zero-order chi connectivity index (χ0) is 13.5. The Hall–Kier alpha value is -2.07. The lowest BCUT2D eigenvalue weighted by Gasteiger charge is -2.22. The molecule has 0 atom stereocenters. The van der Waals surface area contributed by atoms with Gasteiger partial charge in [0.15, 0.2) is 0 Å². The highest BCUT2D eigenvalue weighted by Gasteiger charge is 2.16. The Labute approximate surface area is 112 Å². The molecule has 0 unspecified atom stereocenters. The summed E-state index contributed by atoms with van der Waals surface area (Å²) in [6.45, 7) is 1.81. The average Bonchev–Trinajstić information content (AvgIpc) is 2.98. The van der Waals surface area contributed by atoms with Crippen molar-refractivity contribution in [2.45, 2.75) is 13.0 Å². The summed E-state index contributed by atoms with van der Waals surface area (Å²) >= 11 is 0. The molecule has 0 fully saturated rings. The number of carbonyl (C=O) groups is 1. The first-order valence-electron chi connectivity index (χ1n) is 6.36. The average molecular weight is 258 g/mol. The van der Waals surface area contributed by atoms with E-state index in [1.807, 2.05) is 30.3 Å². The summed E-state index contributed by atoms with van der Waals surface area (Å²) < 4.78 is 4.97. The van der Waals surface area contributed by atoms with Crippen LogP contribution in [0.15, 0.2) is 53.3 Å². The molecule has 1 amide bonds. The lowest BCUT2D eigenvalue weighted by Crippen LogP contribution is -2.32. The van der Waals surface area contributed by atoms with Crippen LogP contribution in [0.4, 0.5) is 0 Å². The number of nitrogens with zero attached hydrogens (tertiary/aromatic N) is 1. The van der Waals surface area contributed by atoms with E-state index in [9.17, 15) is 4.79 Å². The summed E-state index contributed by atoms with van der Waals surface area (Å²) in [6, 6.07) is 11.6. The third-order valence-corrected chi connectivity index (χ3v) is 2.90. The summed E-state index contributed by atoms with van der Waals surface area (Å²) in [5.74, 6) is -0.0222. The standard InChI is InChI=1S/C15H18N2O2/c16-8-4-9-17(11-13-5-2-1-3-6-13)15(18)14-7-10-19-12-14/h1-3,5-7,10,12H,4,8-9,11,16H2. The van der Waals surface area contributed by atoms with E-state index in [1.54, 1.807) is 11.0 Å². The van der Waals surface area contributed by atoms with E-state index in [2.05, 4.69) is 0 Å². The van der Waals surface area contributed by atoms with Gasteiger partial charge in [-0.2, -0.15) is 0 Å². The molecule has 0 bridgehead atoms. The minimum Gasteiger partial charge on any atom is -0.472 e. The van der Waals surface area contributed by atoms with Crippen molar-refractivity contribution in [3.63, 3.8) is 0 Å². The molecule has 0 saturated heterocycles. The molecule has 4 nitrogen and oxygen atoms in total. The Bertz CT molecular complexity index is 494. The molecular weight excluding hydrogens is 240 g/mol. The van der Waals surface area contributed by atoms with Crippen LogP contribution in [0.5, 0.6) is 0 Å². The molecule has 1 heterocycles. The predicted molar refractivity (Wildman–Crippen MR) is 73.6 cm³/mol. The number of hydrogen-bond acceptors (Lipinski definition) is 3. The second kappa shape index (κ2) is 6.75. The summed E-state index contributed by atoms with van der Waals surface area (Å²) in [7, 11) is 0. The normalized spacial score (nSPS) is 10.4. The van der Waals surface area contributed by atoms with E-state index >= 15 is 0 Å². The van der Waals surface area contributed by atoms with E-state index in [1.165, 1.54) is 12.5 Å². The van der Waals surface area contributed by atoms with Crippen LogP contribution in [-0.2, 0) is 6.54 Å². The second-order valence-corrected chi connectivity index (χ2v) is 4.37. The van der Waals surface area contributed by atoms with Gasteiger partial charge in [0.25, 0.3) is 5.91 Å². The van der Waals surface area contributed by atoms with Gasteiger partial charge in [-0.3, -0.25) is 4.79 Å². The van der Waals surface area contributed by atoms with Crippen LogP contribution in [0.1, 0.15) is 22.3 Å². The molecule has 1 aromatic heterocycles. The van der Waals surface area contributed by atoms with Gasteiger partial charge >= 0.3 is 0 Å². The van der Waals surface area contributed by atoms with Gasteiger partial charge in [0.05, 0.1) is 11.8 Å². The monoisotopic (exact) mass is 258 g/mol. The van der Waals surface area contributed by atoms with Crippen molar-refractivity contribution < 1.29 is 9.21 Å². The van der Waals surface area contributed by atoms with E-state index < -0.39 is 0 Å². The number of rotatable bonds is 6. The van der Waals surface area contributed by atoms with E-state index in [0.29, 0.717) is 25.2 Å². The molecule has 0 aliphatic rings.